The highest BCUT2D eigenvalue weighted by atomic mass is 32.2. The lowest BCUT2D eigenvalue weighted by Gasteiger charge is -2.05. The number of H-pyrrole nitrogens is 1. The highest BCUT2D eigenvalue weighted by Gasteiger charge is 2.31. The van der Waals surface area contributed by atoms with E-state index in [9.17, 15) is 19.1 Å². The van der Waals surface area contributed by atoms with Crippen LogP contribution in [0.5, 0.6) is 5.88 Å². The number of carbonyl (C=O) groups is 2. The zero-order chi connectivity index (χ0) is 19.7. The first-order valence-corrected chi connectivity index (χ1v) is 9.18. The summed E-state index contributed by atoms with van der Waals surface area (Å²) >= 11 is 1.03. The number of carbonyl (C=O) groups excluding carboxylic acids is 2. The van der Waals surface area contributed by atoms with Gasteiger partial charge in [0.2, 0.25) is 11.0 Å². The van der Waals surface area contributed by atoms with Crippen molar-refractivity contribution in [1.82, 2.24) is 4.98 Å². The van der Waals surface area contributed by atoms with Crippen molar-refractivity contribution in [2.45, 2.75) is 11.7 Å². The minimum atomic E-state index is -0.705. The zero-order valence-corrected chi connectivity index (χ0v) is 15.1. The molecule has 2 heterocycles. The van der Waals surface area contributed by atoms with Crippen molar-refractivity contribution in [3.05, 3.63) is 59.9 Å². The molecule has 1 aliphatic heterocycles. The van der Waals surface area contributed by atoms with Crippen molar-refractivity contribution in [1.29, 1.82) is 0 Å². The molecule has 0 saturated carbocycles. The van der Waals surface area contributed by atoms with E-state index in [0.717, 1.165) is 11.8 Å². The highest BCUT2D eigenvalue weighted by molar-refractivity contribution is 8.15. The Morgan fingerprint density at radius 1 is 1.18 bits per heavy atom. The van der Waals surface area contributed by atoms with Crippen LogP contribution in [0.1, 0.15) is 16.8 Å². The lowest BCUT2D eigenvalue weighted by Crippen LogP contribution is -2.16. The topological polar surface area (TPSA) is 107 Å². The third kappa shape index (κ3) is 3.56. The van der Waals surface area contributed by atoms with Crippen LogP contribution in [0.15, 0.2) is 63.8 Å². The van der Waals surface area contributed by atoms with Crippen LogP contribution in [0.4, 0.5) is 10.1 Å². The number of aromatic nitrogens is 1. The van der Waals surface area contributed by atoms with Crippen LogP contribution in [0.3, 0.4) is 0 Å². The first-order valence-electron chi connectivity index (χ1n) is 8.30. The molecule has 4 rings (SSSR count). The summed E-state index contributed by atoms with van der Waals surface area (Å²) in [6.07, 6.45) is -0.0734. The minimum Gasteiger partial charge on any atom is -0.493 e. The Labute approximate surface area is 162 Å². The van der Waals surface area contributed by atoms with Gasteiger partial charge < -0.3 is 10.1 Å². The van der Waals surface area contributed by atoms with E-state index in [-0.39, 0.29) is 28.9 Å². The standard InChI is InChI=1S/C19H13FN4O3S/c20-11-7-5-10(6-8-11)14(25)9-15-17(26)22-19(28-15)24-23-16-12-3-1-2-4-13(12)21-18(16)27/h1-8,15,21,27H,9H2. The van der Waals surface area contributed by atoms with Gasteiger partial charge in [0.25, 0.3) is 5.91 Å². The molecule has 1 atom stereocenters. The Bertz CT molecular complexity index is 1140. The fourth-order valence-corrected chi connectivity index (χ4v) is 3.65. The SMILES string of the molecule is O=C(CC1SC(N=Nc2c(O)[nH]c3ccccc23)=NC1=O)c1ccc(F)cc1. The maximum atomic E-state index is 13.0. The molecule has 2 aromatic carbocycles. The number of rotatable bonds is 4. The van der Waals surface area contributed by atoms with E-state index >= 15 is 0 Å². The van der Waals surface area contributed by atoms with E-state index in [0.29, 0.717) is 16.5 Å². The quantitative estimate of drug-likeness (QED) is 0.504. The molecule has 3 aromatic rings. The number of amides is 1. The van der Waals surface area contributed by atoms with Crippen LogP contribution in [0, 0.1) is 5.82 Å². The van der Waals surface area contributed by atoms with Gasteiger partial charge in [-0.15, -0.1) is 10.2 Å². The van der Waals surface area contributed by atoms with Gasteiger partial charge >= 0.3 is 0 Å². The molecule has 1 aromatic heterocycles. The number of aromatic amines is 1. The highest BCUT2D eigenvalue weighted by Crippen LogP contribution is 2.36. The second-order valence-corrected chi connectivity index (χ2v) is 7.21. The van der Waals surface area contributed by atoms with Gasteiger partial charge in [-0.25, -0.2) is 4.39 Å². The summed E-state index contributed by atoms with van der Waals surface area (Å²) in [5, 5.41) is 18.0. The molecule has 2 N–H and O–H groups in total. The number of aromatic hydroxyl groups is 1. The number of nitrogens with zero attached hydrogens (tertiary/aromatic N) is 3. The first-order chi connectivity index (χ1) is 13.5. The van der Waals surface area contributed by atoms with Crippen molar-refractivity contribution in [2.75, 3.05) is 0 Å². The van der Waals surface area contributed by atoms with Crippen LogP contribution in [0.25, 0.3) is 10.9 Å². The van der Waals surface area contributed by atoms with E-state index in [1.165, 1.54) is 24.3 Å². The molecule has 0 bridgehead atoms. The maximum absolute atomic E-state index is 13.0. The number of hydrogen-bond acceptors (Lipinski definition) is 6. The number of para-hydroxylation sites is 1. The van der Waals surface area contributed by atoms with Gasteiger partial charge in [0.15, 0.2) is 11.5 Å². The summed E-state index contributed by atoms with van der Waals surface area (Å²) in [6.45, 7) is 0. The van der Waals surface area contributed by atoms with Crippen molar-refractivity contribution in [3.63, 3.8) is 0 Å². The maximum Gasteiger partial charge on any atom is 0.262 e. The van der Waals surface area contributed by atoms with Crippen LogP contribution in [-0.2, 0) is 4.79 Å². The number of Topliss-reactive ketones (excluding diaryl/α,β-unsaturated/α-hetero) is 1. The molecule has 1 unspecified atom stereocenters. The van der Waals surface area contributed by atoms with Crippen molar-refractivity contribution < 1.29 is 19.1 Å². The number of fused-ring (bicyclic) bond motifs is 1. The largest absolute Gasteiger partial charge is 0.493 e. The molecule has 28 heavy (non-hydrogen) atoms. The summed E-state index contributed by atoms with van der Waals surface area (Å²) in [4.78, 5) is 30.9. The second kappa shape index (κ2) is 7.35. The Hall–Kier alpha value is -3.33. The lowest BCUT2D eigenvalue weighted by atomic mass is 10.1. The van der Waals surface area contributed by atoms with Crippen LogP contribution >= 0.6 is 11.8 Å². The molecule has 0 fully saturated rings. The van der Waals surface area contributed by atoms with Crippen LogP contribution in [0.2, 0.25) is 0 Å². The third-order valence-electron chi connectivity index (χ3n) is 4.16. The predicted octanol–water partition coefficient (Wildman–Crippen LogP) is 4.37. The third-order valence-corrected chi connectivity index (χ3v) is 5.20. The fourth-order valence-electron chi connectivity index (χ4n) is 2.77. The summed E-state index contributed by atoms with van der Waals surface area (Å²) in [5.41, 5.74) is 1.28. The molecule has 9 heteroatoms. The van der Waals surface area contributed by atoms with Gasteiger partial charge in [-0.2, -0.15) is 4.99 Å². The number of nitrogens with one attached hydrogen (secondary N) is 1. The van der Waals surface area contributed by atoms with Crippen molar-refractivity contribution in [2.24, 2.45) is 15.2 Å². The number of amidine groups is 1. The van der Waals surface area contributed by atoms with E-state index in [1.807, 2.05) is 6.07 Å². The van der Waals surface area contributed by atoms with Gasteiger partial charge in [-0.05, 0) is 30.3 Å². The molecular formula is C19H13FN4O3S. The number of azo groups is 1. The monoisotopic (exact) mass is 396 g/mol. The summed E-state index contributed by atoms with van der Waals surface area (Å²) in [6, 6.07) is 12.3. The summed E-state index contributed by atoms with van der Waals surface area (Å²) in [5.74, 6) is -1.33. The molecule has 0 aliphatic carbocycles. The van der Waals surface area contributed by atoms with E-state index < -0.39 is 17.0 Å². The van der Waals surface area contributed by atoms with Gasteiger partial charge in [-0.3, -0.25) is 9.59 Å². The Morgan fingerprint density at radius 2 is 1.93 bits per heavy atom. The van der Waals surface area contributed by atoms with Gasteiger partial charge in [0.05, 0.1) is 5.52 Å². The molecule has 7 nitrogen and oxygen atoms in total. The molecule has 1 aliphatic rings. The number of hydrogen-bond donors (Lipinski definition) is 2. The summed E-state index contributed by atoms with van der Waals surface area (Å²) in [7, 11) is 0. The predicted molar refractivity (Wildman–Crippen MR) is 104 cm³/mol. The minimum absolute atomic E-state index is 0.0734. The van der Waals surface area contributed by atoms with E-state index in [2.05, 4.69) is 20.2 Å². The van der Waals surface area contributed by atoms with Gasteiger partial charge in [-0.1, -0.05) is 30.0 Å². The van der Waals surface area contributed by atoms with Crippen LogP contribution < -0.4 is 0 Å². The normalized spacial score (nSPS) is 16.8. The molecule has 0 saturated heterocycles. The second-order valence-electron chi connectivity index (χ2n) is 6.04. The molecule has 140 valence electrons. The molecule has 0 spiro atoms. The number of benzene rings is 2. The molecule has 0 radical (unpaired) electrons. The smallest absolute Gasteiger partial charge is 0.262 e. The molecular weight excluding hydrogens is 383 g/mol. The average Bonchev–Trinajstić information content (AvgIpc) is 3.19. The first kappa shape index (κ1) is 18.1. The Kier molecular flexibility index (Phi) is 4.74. The van der Waals surface area contributed by atoms with Gasteiger partial charge in [0, 0.05) is 17.4 Å². The van der Waals surface area contributed by atoms with E-state index in [1.54, 1.807) is 18.2 Å². The lowest BCUT2D eigenvalue weighted by molar-refractivity contribution is -0.117. The van der Waals surface area contributed by atoms with E-state index in [4.69, 9.17) is 0 Å². The summed E-state index contributed by atoms with van der Waals surface area (Å²) < 4.78 is 13.0. The van der Waals surface area contributed by atoms with Crippen molar-refractivity contribution >= 4 is 45.2 Å². The average molecular weight is 396 g/mol. The number of thioether (sulfide) groups is 1. The number of halogens is 1. The molecule has 1 amide bonds. The number of ketones is 1. The number of aliphatic imine (C=N–C) groups is 1. The van der Waals surface area contributed by atoms with Gasteiger partial charge in [0.1, 0.15) is 11.1 Å². The van der Waals surface area contributed by atoms with Crippen LogP contribution in [-0.4, -0.2) is 32.2 Å². The Balaban J connectivity index is 1.46. The fraction of sp³-hybridized carbons (Fsp3) is 0.105. The Morgan fingerprint density at radius 3 is 2.71 bits per heavy atom. The zero-order valence-electron chi connectivity index (χ0n) is 14.3. The van der Waals surface area contributed by atoms with Crippen molar-refractivity contribution in [3.8, 4) is 5.88 Å².